The van der Waals surface area contributed by atoms with E-state index in [0.29, 0.717) is 24.8 Å². The van der Waals surface area contributed by atoms with Crippen molar-refractivity contribution in [1.29, 1.82) is 0 Å². The third-order valence-corrected chi connectivity index (χ3v) is 3.22. The molecule has 0 aromatic heterocycles. The maximum Gasteiger partial charge on any atom is 0.313 e. The summed E-state index contributed by atoms with van der Waals surface area (Å²) in [5, 5.41) is 5.21. The lowest BCUT2D eigenvalue weighted by Gasteiger charge is -2.10. The maximum absolute atomic E-state index is 11.8. The van der Waals surface area contributed by atoms with Gasteiger partial charge >= 0.3 is 11.8 Å². The van der Waals surface area contributed by atoms with E-state index in [9.17, 15) is 9.59 Å². The number of unbranched alkanes of at least 4 members (excludes halogenated alkanes) is 3. The minimum Gasteiger partial charge on any atom is -0.493 e. The molecule has 0 radical (unpaired) electrons. The first kappa shape index (κ1) is 19.0. The van der Waals surface area contributed by atoms with E-state index in [1.807, 2.05) is 0 Å². The molecule has 2 N–H and O–H groups in total. The number of carbonyl (C=O) groups is 2. The quantitative estimate of drug-likeness (QED) is 0.541. The van der Waals surface area contributed by atoms with Crippen LogP contribution >= 0.6 is 0 Å². The van der Waals surface area contributed by atoms with Crippen LogP contribution in [0.2, 0.25) is 0 Å². The fraction of sp³-hybridized carbons (Fsp3) is 0.556. The summed E-state index contributed by atoms with van der Waals surface area (Å²) in [4.78, 5) is 23.5. The molecule has 0 atom stereocenters. The number of rotatable bonds is 9. The van der Waals surface area contributed by atoms with E-state index >= 15 is 0 Å². The average molecular weight is 320 g/mol. The molecule has 0 saturated heterocycles. The van der Waals surface area contributed by atoms with Crippen LogP contribution in [0.1, 0.15) is 46.5 Å². The Bertz CT molecular complexity index is 484. The molecule has 1 aromatic carbocycles. The molecule has 128 valence electrons. The molecular formula is C18H28N2O3. The molecule has 0 unspecified atom stereocenters. The van der Waals surface area contributed by atoms with Gasteiger partial charge in [0.05, 0.1) is 6.61 Å². The number of carbonyl (C=O) groups excluding carboxylic acids is 2. The van der Waals surface area contributed by atoms with Gasteiger partial charge in [0.25, 0.3) is 0 Å². The van der Waals surface area contributed by atoms with Crippen molar-refractivity contribution in [3.05, 3.63) is 24.3 Å². The first-order valence-electron chi connectivity index (χ1n) is 8.35. The van der Waals surface area contributed by atoms with Crippen LogP contribution in [0.4, 0.5) is 5.69 Å². The summed E-state index contributed by atoms with van der Waals surface area (Å²) in [7, 11) is 0. The van der Waals surface area contributed by atoms with Crippen LogP contribution in [-0.2, 0) is 9.59 Å². The summed E-state index contributed by atoms with van der Waals surface area (Å²) in [5.41, 5.74) is 0.577. The van der Waals surface area contributed by atoms with Gasteiger partial charge in [0.1, 0.15) is 5.75 Å². The van der Waals surface area contributed by atoms with E-state index in [2.05, 4.69) is 31.4 Å². The number of hydrogen-bond acceptors (Lipinski definition) is 3. The number of nitrogens with one attached hydrogen (secondary N) is 2. The van der Waals surface area contributed by atoms with Crippen molar-refractivity contribution in [1.82, 2.24) is 5.32 Å². The topological polar surface area (TPSA) is 67.4 Å². The van der Waals surface area contributed by atoms with Crippen LogP contribution in [-0.4, -0.2) is 25.0 Å². The first-order valence-corrected chi connectivity index (χ1v) is 8.35. The van der Waals surface area contributed by atoms with E-state index in [4.69, 9.17) is 4.74 Å². The molecule has 0 bridgehead atoms. The normalized spacial score (nSPS) is 10.4. The van der Waals surface area contributed by atoms with Crippen molar-refractivity contribution >= 4 is 17.5 Å². The van der Waals surface area contributed by atoms with Crippen molar-refractivity contribution < 1.29 is 14.3 Å². The molecule has 23 heavy (non-hydrogen) atoms. The van der Waals surface area contributed by atoms with Crippen molar-refractivity contribution in [2.45, 2.75) is 46.5 Å². The molecule has 5 nitrogen and oxygen atoms in total. The summed E-state index contributed by atoms with van der Waals surface area (Å²) in [6.45, 7) is 7.47. The Morgan fingerprint density at radius 1 is 1.04 bits per heavy atom. The molecule has 0 aliphatic carbocycles. The predicted octanol–water partition coefficient (Wildman–Crippen LogP) is 3.36. The summed E-state index contributed by atoms with van der Waals surface area (Å²) in [5.74, 6) is -0.0366. The van der Waals surface area contributed by atoms with Gasteiger partial charge in [-0.3, -0.25) is 9.59 Å². The minimum absolute atomic E-state index is 0.454. The van der Waals surface area contributed by atoms with Crippen LogP contribution in [0.5, 0.6) is 5.75 Å². The zero-order chi connectivity index (χ0) is 17.1. The zero-order valence-corrected chi connectivity index (χ0v) is 14.4. The predicted molar refractivity (Wildman–Crippen MR) is 92.6 cm³/mol. The second-order valence-electron chi connectivity index (χ2n) is 6.00. The van der Waals surface area contributed by atoms with Crippen molar-refractivity contribution in [3.63, 3.8) is 0 Å². The summed E-state index contributed by atoms with van der Waals surface area (Å²) < 4.78 is 5.57. The van der Waals surface area contributed by atoms with E-state index in [1.165, 1.54) is 0 Å². The lowest BCUT2D eigenvalue weighted by atomic mass is 10.2. The maximum atomic E-state index is 11.8. The minimum atomic E-state index is -0.642. The Labute approximate surface area is 138 Å². The SMILES string of the molecule is CCCCCCNC(=O)C(=O)Nc1ccc(OCC(C)C)cc1. The van der Waals surface area contributed by atoms with Crippen LogP contribution in [0.25, 0.3) is 0 Å². The average Bonchev–Trinajstić information content (AvgIpc) is 2.53. The van der Waals surface area contributed by atoms with Gasteiger partial charge in [-0.1, -0.05) is 40.0 Å². The third kappa shape index (κ3) is 8.24. The Balaban J connectivity index is 2.34. The van der Waals surface area contributed by atoms with Gasteiger partial charge in [0.2, 0.25) is 0 Å². The Morgan fingerprint density at radius 2 is 1.74 bits per heavy atom. The van der Waals surface area contributed by atoms with Gasteiger partial charge in [0, 0.05) is 12.2 Å². The number of hydrogen-bond donors (Lipinski definition) is 2. The molecule has 0 aliphatic heterocycles. The number of benzene rings is 1. The van der Waals surface area contributed by atoms with E-state index in [0.717, 1.165) is 31.4 Å². The largest absolute Gasteiger partial charge is 0.493 e. The monoisotopic (exact) mass is 320 g/mol. The van der Waals surface area contributed by atoms with Crippen molar-refractivity contribution in [2.24, 2.45) is 5.92 Å². The second kappa shape index (κ2) is 10.6. The van der Waals surface area contributed by atoms with Gasteiger partial charge in [-0.2, -0.15) is 0 Å². The molecule has 0 saturated carbocycles. The number of anilines is 1. The molecular weight excluding hydrogens is 292 g/mol. The first-order chi connectivity index (χ1) is 11.0. The van der Waals surface area contributed by atoms with E-state index in [1.54, 1.807) is 24.3 Å². The lowest BCUT2D eigenvalue weighted by Crippen LogP contribution is -2.35. The van der Waals surface area contributed by atoms with Gasteiger partial charge in [-0.05, 0) is 36.6 Å². The van der Waals surface area contributed by atoms with Crippen molar-refractivity contribution in [3.8, 4) is 5.75 Å². The molecule has 0 aliphatic rings. The third-order valence-electron chi connectivity index (χ3n) is 3.22. The highest BCUT2D eigenvalue weighted by Gasteiger charge is 2.12. The summed E-state index contributed by atoms with van der Waals surface area (Å²) in [6.07, 6.45) is 4.25. The van der Waals surface area contributed by atoms with Gasteiger partial charge < -0.3 is 15.4 Å². The Morgan fingerprint density at radius 3 is 2.35 bits per heavy atom. The Hall–Kier alpha value is -2.04. The lowest BCUT2D eigenvalue weighted by molar-refractivity contribution is -0.136. The summed E-state index contributed by atoms with van der Waals surface area (Å²) in [6, 6.07) is 7.01. The molecule has 5 heteroatoms. The number of amides is 2. The Kier molecular flexibility index (Phi) is 8.80. The highest BCUT2D eigenvalue weighted by molar-refractivity contribution is 6.39. The van der Waals surface area contributed by atoms with Gasteiger partial charge in [-0.25, -0.2) is 0 Å². The van der Waals surface area contributed by atoms with Gasteiger partial charge in [0.15, 0.2) is 0 Å². The highest BCUT2D eigenvalue weighted by Crippen LogP contribution is 2.16. The molecule has 0 spiro atoms. The van der Waals surface area contributed by atoms with Gasteiger partial charge in [-0.15, -0.1) is 0 Å². The van der Waals surface area contributed by atoms with Crippen LogP contribution in [0.15, 0.2) is 24.3 Å². The van der Waals surface area contributed by atoms with Crippen molar-refractivity contribution in [2.75, 3.05) is 18.5 Å². The van der Waals surface area contributed by atoms with E-state index < -0.39 is 11.8 Å². The standard InChI is InChI=1S/C18H28N2O3/c1-4-5-6-7-12-19-17(21)18(22)20-15-8-10-16(11-9-15)23-13-14(2)3/h8-11,14H,4-7,12-13H2,1-3H3,(H,19,21)(H,20,22). The molecule has 1 rings (SSSR count). The van der Waals surface area contributed by atoms with Crippen LogP contribution in [0.3, 0.4) is 0 Å². The second-order valence-corrected chi connectivity index (χ2v) is 6.00. The highest BCUT2D eigenvalue weighted by atomic mass is 16.5. The molecule has 0 fully saturated rings. The zero-order valence-electron chi connectivity index (χ0n) is 14.4. The molecule has 1 aromatic rings. The number of ether oxygens (including phenoxy) is 1. The molecule has 0 heterocycles. The van der Waals surface area contributed by atoms with E-state index in [-0.39, 0.29) is 0 Å². The van der Waals surface area contributed by atoms with Crippen LogP contribution in [0, 0.1) is 5.92 Å². The van der Waals surface area contributed by atoms with Crippen LogP contribution < -0.4 is 15.4 Å². The molecule has 2 amide bonds. The summed E-state index contributed by atoms with van der Waals surface area (Å²) >= 11 is 0. The fourth-order valence-corrected chi connectivity index (χ4v) is 1.92. The fourth-order valence-electron chi connectivity index (χ4n) is 1.92. The smallest absolute Gasteiger partial charge is 0.313 e.